The molecule has 2 rings (SSSR count). The zero-order valence-electron chi connectivity index (χ0n) is 11.2. The Morgan fingerprint density at radius 3 is 3.17 bits per heavy atom. The second-order valence-electron chi connectivity index (χ2n) is 4.60. The van der Waals surface area contributed by atoms with Gasteiger partial charge < -0.3 is 19.7 Å². The maximum absolute atomic E-state index is 5.71. The zero-order valence-corrected chi connectivity index (χ0v) is 11.2. The van der Waals surface area contributed by atoms with Crippen molar-refractivity contribution >= 4 is 5.69 Å². The minimum Gasteiger partial charge on any atom is -0.494 e. The van der Waals surface area contributed by atoms with E-state index in [1.807, 2.05) is 25.1 Å². The van der Waals surface area contributed by atoms with Crippen LogP contribution in [0.2, 0.25) is 0 Å². The summed E-state index contributed by atoms with van der Waals surface area (Å²) in [5, 5.41) is 3.40. The molecular weight excluding hydrogens is 228 g/mol. The molecule has 18 heavy (non-hydrogen) atoms. The van der Waals surface area contributed by atoms with Gasteiger partial charge in [-0.2, -0.15) is 0 Å². The molecule has 1 fully saturated rings. The number of likely N-dealkylation sites (N-methyl/N-ethyl adjacent to an activating group) is 1. The summed E-state index contributed by atoms with van der Waals surface area (Å²) in [5.74, 6) is 0.907. The lowest BCUT2D eigenvalue weighted by Gasteiger charge is -2.30. The van der Waals surface area contributed by atoms with Gasteiger partial charge in [0.05, 0.1) is 19.3 Å². The van der Waals surface area contributed by atoms with Gasteiger partial charge in [-0.1, -0.05) is 6.07 Å². The molecule has 0 radical (unpaired) electrons. The van der Waals surface area contributed by atoms with Crippen LogP contribution in [0.1, 0.15) is 6.92 Å². The third kappa shape index (κ3) is 3.89. The maximum Gasteiger partial charge on any atom is 0.121 e. The molecule has 0 bridgehead atoms. The predicted octanol–water partition coefficient (Wildman–Crippen LogP) is 1.83. The molecule has 4 nitrogen and oxygen atoms in total. The number of ether oxygens (including phenoxy) is 2. The van der Waals surface area contributed by atoms with Crippen molar-refractivity contribution in [2.45, 2.75) is 13.0 Å². The molecule has 0 saturated carbocycles. The van der Waals surface area contributed by atoms with Gasteiger partial charge in [0.25, 0.3) is 0 Å². The number of rotatable bonds is 5. The number of hydrogen-bond donors (Lipinski definition) is 1. The minimum absolute atomic E-state index is 0.263. The lowest BCUT2D eigenvalue weighted by Crippen LogP contribution is -2.43. The van der Waals surface area contributed by atoms with E-state index < -0.39 is 0 Å². The summed E-state index contributed by atoms with van der Waals surface area (Å²) in [4.78, 5) is 2.30. The Morgan fingerprint density at radius 2 is 2.39 bits per heavy atom. The lowest BCUT2D eigenvalue weighted by atomic mass is 10.2. The van der Waals surface area contributed by atoms with Crippen LogP contribution < -0.4 is 10.1 Å². The maximum atomic E-state index is 5.71. The van der Waals surface area contributed by atoms with Gasteiger partial charge >= 0.3 is 0 Å². The highest BCUT2D eigenvalue weighted by Gasteiger charge is 2.17. The van der Waals surface area contributed by atoms with Crippen molar-refractivity contribution in [2.75, 3.05) is 45.2 Å². The quantitative estimate of drug-likeness (QED) is 0.864. The molecule has 1 aromatic rings. The Bertz CT molecular complexity index is 371. The summed E-state index contributed by atoms with van der Waals surface area (Å²) in [7, 11) is 2.13. The van der Waals surface area contributed by atoms with Crippen LogP contribution in [-0.2, 0) is 4.74 Å². The van der Waals surface area contributed by atoms with Crippen molar-refractivity contribution < 1.29 is 9.47 Å². The topological polar surface area (TPSA) is 33.7 Å². The molecule has 1 aliphatic rings. The van der Waals surface area contributed by atoms with Crippen molar-refractivity contribution in [3.8, 4) is 5.75 Å². The molecule has 0 aromatic heterocycles. The predicted molar refractivity (Wildman–Crippen MR) is 73.3 cm³/mol. The van der Waals surface area contributed by atoms with Gasteiger partial charge in [-0.15, -0.1) is 0 Å². The first kappa shape index (κ1) is 13.2. The standard InChI is InChI=1S/C14H22N2O2/c1-3-17-13-6-4-5-12(9-13)15-10-14-11-16(2)7-8-18-14/h4-6,9,14-15H,3,7-8,10-11H2,1-2H3. The molecule has 1 aliphatic heterocycles. The van der Waals surface area contributed by atoms with Crippen LogP contribution >= 0.6 is 0 Å². The van der Waals surface area contributed by atoms with E-state index in [9.17, 15) is 0 Å². The van der Waals surface area contributed by atoms with Crippen LogP contribution in [-0.4, -0.2) is 50.9 Å². The van der Waals surface area contributed by atoms with Crippen molar-refractivity contribution in [3.63, 3.8) is 0 Å². The minimum atomic E-state index is 0.263. The molecule has 1 saturated heterocycles. The first-order valence-corrected chi connectivity index (χ1v) is 6.55. The molecule has 0 amide bonds. The summed E-state index contributed by atoms with van der Waals surface area (Å²) in [6.07, 6.45) is 0.263. The van der Waals surface area contributed by atoms with Crippen molar-refractivity contribution in [2.24, 2.45) is 0 Å². The Kier molecular flexibility index (Phi) is 4.84. The second-order valence-corrected chi connectivity index (χ2v) is 4.60. The van der Waals surface area contributed by atoms with Crippen LogP contribution in [0, 0.1) is 0 Å². The molecule has 1 heterocycles. The summed E-state index contributed by atoms with van der Waals surface area (Å²) in [6, 6.07) is 8.05. The number of benzene rings is 1. The molecule has 1 unspecified atom stereocenters. The zero-order chi connectivity index (χ0) is 12.8. The Labute approximate surface area is 109 Å². The average molecular weight is 250 g/mol. The first-order valence-electron chi connectivity index (χ1n) is 6.55. The van der Waals surface area contributed by atoms with Crippen molar-refractivity contribution in [1.29, 1.82) is 0 Å². The molecule has 1 N–H and O–H groups in total. The first-order chi connectivity index (χ1) is 8.78. The van der Waals surface area contributed by atoms with E-state index in [2.05, 4.69) is 23.3 Å². The highest BCUT2D eigenvalue weighted by Crippen LogP contribution is 2.17. The number of hydrogen-bond acceptors (Lipinski definition) is 4. The van der Waals surface area contributed by atoms with E-state index in [1.54, 1.807) is 0 Å². The second kappa shape index (κ2) is 6.61. The summed E-state index contributed by atoms with van der Waals surface area (Å²) in [6.45, 7) is 6.35. The molecule has 4 heteroatoms. The number of anilines is 1. The lowest BCUT2D eigenvalue weighted by molar-refractivity contribution is -0.0117. The van der Waals surface area contributed by atoms with Gasteiger partial charge in [-0.25, -0.2) is 0 Å². The van der Waals surface area contributed by atoms with Gasteiger partial charge in [0.2, 0.25) is 0 Å². The largest absolute Gasteiger partial charge is 0.494 e. The number of nitrogens with zero attached hydrogens (tertiary/aromatic N) is 1. The molecule has 100 valence electrons. The molecule has 0 aliphatic carbocycles. The monoisotopic (exact) mass is 250 g/mol. The van der Waals surface area contributed by atoms with Gasteiger partial charge in [0.15, 0.2) is 0 Å². The molecule has 0 spiro atoms. The molecule has 1 aromatic carbocycles. The van der Waals surface area contributed by atoms with E-state index >= 15 is 0 Å². The number of nitrogens with one attached hydrogen (secondary N) is 1. The van der Waals surface area contributed by atoms with Crippen LogP contribution in [0.5, 0.6) is 5.75 Å². The summed E-state index contributed by atoms with van der Waals surface area (Å²) in [5.41, 5.74) is 1.08. The Hall–Kier alpha value is -1.26. The van der Waals surface area contributed by atoms with Crippen LogP contribution in [0.3, 0.4) is 0 Å². The Balaban J connectivity index is 1.83. The van der Waals surface area contributed by atoms with Crippen LogP contribution in [0.4, 0.5) is 5.69 Å². The number of morpholine rings is 1. The SMILES string of the molecule is CCOc1cccc(NCC2CN(C)CCO2)c1. The van der Waals surface area contributed by atoms with E-state index in [4.69, 9.17) is 9.47 Å². The van der Waals surface area contributed by atoms with Gasteiger partial charge in [0, 0.05) is 31.4 Å². The van der Waals surface area contributed by atoms with E-state index in [0.29, 0.717) is 6.61 Å². The van der Waals surface area contributed by atoms with Crippen LogP contribution in [0.25, 0.3) is 0 Å². The fourth-order valence-electron chi connectivity index (χ4n) is 2.08. The third-order valence-corrected chi connectivity index (χ3v) is 3.02. The fourth-order valence-corrected chi connectivity index (χ4v) is 2.08. The van der Waals surface area contributed by atoms with E-state index in [0.717, 1.165) is 37.7 Å². The summed E-state index contributed by atoms with van der Waals surface area (Å²) < 4.78 is 11.2. The fraction of sp³-hybridized carbons (Fsp3) is 0.571. The average Bonchev–Trinajstić information content (AvgIpc) is 2.37. The van der Waals surface area contributed by atoms with E-state index in [1.165, 1.54) is 0 Å². The highest BCUT2D eigenvalue weighted by atomic mass is 16.5. The third-order valence-electron chi connectivity index (χ3n) is 3.02. The normalized spacial score (nSPS) is 20.7. The van der Waals surface area contributed by atoms with Crippen molar-refractivity contribution in [3.05, 3.63) is 24.3 Å². The van der Waals surface area contributed by atoms with Crippen molar-refractivity contribution in [1.82, 2.24) is 4.90 Å². The van der Waals surface area contributed by atoms with Gasteiger partial charge in [0.1, 0.15) is 5.75 Å². The molecule has 1 atom stereocenters. The Morgan fingerprint density at radius 1 is 1.50 bits per heavy atom. The van der Waals surface area contributed by atoms with Crippen LogP contribution in [0.15, 0.2) is 24.3 Å². The van der Waals surface area contributed by atoms with Gasteiger partial charge in [-0.05, 0) is 26.1 Å². The van der Waals surface area contributed by atoms with Gasteiger partial charge in [-0.3, -0.25) is 0 Å². The molecular formula is C14H22N2O2. The highest BCUT2D eigenvalue weighted by molar-refractivity contribution is 5.48. The van der Waals surface area contributed by atoms with E-state index in [-0.39, 0.29) is 6.10 Å². The smallest absolute Gasteiger partial charge is 0.121 e. The summed E-state index contributed by atoms with van der Waals surface area (Å²) >= 11 is 0.